The molecule has 0 aliphatic carbocycles. The van der Waals surface area contributed by atoms with Crippen LogP contribution in [-0.4, -0.2) is 9.13 Å². The molecule has 6 aromatic heterocycles. The van der Waals surface area contributed by atoms with Gasteiger partial charge < -0.3 is 9.13 Å². The Morgan fingerprint density at radius 1 is 0.368 bits per heavy atom. The first-order chi connectivity index (χ1) is 18.8. The fourth-order valence-electron chi connectivity index (χ4n) is 5.47. The number of hydrogen-bond donors (Lipinski definition) is 0. The van der Waals surface area contributed by atoms with Crippen molar-refractivity contribution >= 4 is 69.7 Å². The molecule has 0 saturated carbocycles. The summed E-state index contributed by atoms with van der Waals surface area (Å²) in [5, 5.41) is 5.31. The second-order valence-corrected chi connectivity index (χ2v) is 14.2. The lowest BCUT2D eigenvalue weighted by Gasteiger charge is -2.08. The van der Waals surface area contributed by atoms with Crippen LogP contribution in [0, 0.1) is 39.5 Å². The summed E-state index contributed by atoms with van der Waals surface area (Å²) < 4.78 is 15.6. The maximum absolute atomic E-state index is 2.56. The van der Waals surface area contributed by atoms with Gasteiger partial charge in [0, 0.05) is 31.2 Å². The Labute approximate surface area is 234 Å². The van der Waals surface area contributed by atoms with Gasteiger partial charge in [-0.2, -0.15) is 0 Å². The highest BCUT2D eigenvalue weighted by atomic mass is 32.1. The van der Waals surface area contributed by atoms with Gasteiger partial charge in [0.05, 0.1) is 39.5 Å². The van der Waals surface area contributed by atoms with Crippen LogP contribution in [0.4, 0.5) is 0 Å². The molecule has 10 bridgehead atoms. The highest BCUT2D eigenvalue weighted by Gasteiger charge is 2.05. The minimum Gasteiger partial charge on any atom is -0.339 e. The van der Waals surface area contributed by atoms with E-state index in [0.29, 0.717) is 0 Å². The molecule has 2 aliphatic rings. The molecule has 6 aromatic rings. The van der Waals surface area contributed by atoms with Gasteiger partial charge in [0.25, 0.3) is 0 Å². The van der Waals surface area contributed by atoms with E-state index in [2.05, 4.69) is 106 Å². The molecule has 0 atom stereocenters. The Balaban J connectivity index is 1.58. The van der Waals surface area contributed by atoms with Crippen molar-refractivity contribution < 1.29 is 0 Å². The van der Waals surface area contributed by atoms with Crippen LogP contribution in [-0.2, 0) is 13.1 Å². The summed E-state index contributed by atoms with van der Waals surface area (Å²) in [7, 11) is 0. The largest absolute Gasteiger partial charge is 0.339 e. The van der Waals surface area contributed by atoms with Crippen molar-refractivity contribution in [1.82, 2.24) is 9.13 Å². The van der Waals surface area contributed by atoms with Crippen molar-refractivity contribution in [1.29, 1.82) is 0 Å². The van der Waals surface area contributed by atoms with E-state index >= 15 is 0 Å². The van der Waals surface area contributed by atoms with Crippen LogP contribution in [0.2, 0.25) is 0 Å². The summed E-state index contributed by atoms with van der Waals surface area (Å²) in [4.78, 5) is 0. The third-order valence-electron chi connectivity index (χ3n) is 7.32. The van der Waals surface area contributed by atoms with E-state index < -0.39 is 0 Å². The highest BCUT2D eigenvalue weighted by molar-refractivity contribution is 7.09. The fourth-order valence-corrected chi connectivity index (χ4v) is 9.25. The number of thiophene rings is 4. The number of fused-ring (bicyclic) bond motifs is 11. The molecular weight excluding hydrogens is 541 g/mol. The normalized spacial score (nSPS) is 21.6. The lowest BCUT2D eigenvalue weighted by atomic mass is 10.3. The lowest BCUT2D eigenvalue weighted by molar-refractivity contribution is 0.537. The van der Waals surface area contributed by atoms with Crippen molar-refractivity contribution in [2.24, 2.45) is 0 Å². The van der Waals surface area contributed by atoms with Crippen LogP contribution in [0.5, 0.6) is 0 Å². The Hall–Kier alpha value is -3.16. The zero-order valence-corrected chi connectivity index (χ0v) is 23.9. The van der Waals surface area contributed by atoms with Crippen molar-refractivity contribution in [2.45, 2.75) is 25.9 Å². The molecule has 0 unspecified atom stereocenters. The van der Waals surface area contributed by atoms with Gasteiger partial charge in [-0.15, -0.1) is 45.3 Å². The summed E-state index contributed by atoms with van der Waals surface area (Å²) in [5.41, 5.74) is 0. The van der Waals surface area contributed by atoms with Crippen molar-refractivity contribution in [3.05, 3.63) is 130 Å². The Bertz CT molecular complexity index is 2140. The lowest BCUT2D eigenvalue weighted by Crippen LogP contribution is -2.04. The van der Waals surface area contributed by atoms with E-state index in [-0.39, 0.29) is 0 Å². The van der Waals surface area contributed by atoms with Crippen LogP contribution in [0.3, 0.4) is 0 Å². The van der Waals surface area contributed by atoms with Gasteiger partial charge in [-0.1, -0.05) is 0 Å². The fraction of sp³-hybridized carbons (Fsp3) is 0.125. The van der Waals surface area contributed by atoms with Crippen LogP contribution in [0.15, 0.2) is 72.8 Å². The SMILES string of the molecule is C1=c2/cc/c(s2)=c2\cc/c3n2CCCCn2/c(cc/c2=c2\cc/c(s2)=C/C=c2/cc/c=3s2)=c2/cc/c(s2)=C/1. The van der Waals surface area contributed by atoms with Gasteiger partial charge in [0.15, 0.2) is 0 Å². The average Bonchev–Trinajstić information content (AvgIpc) is 3.74. The van der Waals surface area contributed by atoms with Gasteiger partial charge in [-0.25, -0.2) is 0 Å². The smallest absolute Gasteiger partial charge is 0.0587 e. The van der Waals surface area contributed by atoms with Crippen molar-refractivity contribution in [2.75, 3.05) is 0 Å². The van der Waals surface area contributed by atoms with Crippen LogP contribution in [0.1, 0.15) is 12.8 Å². The predicted molar refractivity (Wildman–Crippen MR) is 162 cm³/mol. The second kappa shape index (κ2) is 9.24. The molecule has 2 aliphatic heterocycles. The average molecular weight is 565 g/mol. The van der Waals surface area contributed by atoms with Gasteiger partial charge in [0.1, 0.15) is 0 Å². The first kappa shape index (κ1) is 22.8. The molecule has 186 valence electrons. The van der Waals surface area contributed by atoms with Gasteiger partial charge in [-0.3, -0.25) is 0 Å². The van der Waals surface area contributed by atoms with E-state index in [0.717, 1.165) is 25.9 Å². The van der Waals surface area contributed by atoms with E-state index in [1.54, 1.807) is 0 Å². The molecule has 2 nitrogen and oxygen atoms in total. The van der Waals surface area contributed by atoms with E-state index in [9.17, 15) is 0 Å². The molecule has 38 heavy (non-hydrogen) atoms. The molecule has 8 rings (SSSR count). The Kier molecular flexibility index (Phi) is 5.54. The molecule has 8 heterocycles. The van der Waals surface area contributed by atoms with Gasteiger partial charge >= 0.3 is 0 Å². The minimum atomic E-state index is 1.02. The van der Waals surface area contributed by atoms with Gasteiger partial charge in [0.2, 0.25) is 0 Å². The molecule has 0 radical (unpaired) electrons. The van der Waals surface area contributed by atoms with Crippen LogP contribution >= 0.6 is 45.3 Å². The van der Waals surface area contributed by atoms with Gasteiger partial charge in [-0.05, 0) is 110 Å². The maximum Gasteiger partial charge on any atom is 0.0587 e. The first-order valence-corrected chi connectivity index (χ1v) is 16.2. The Morgan fingerprint density at radius 2 is 0.658 bits per heavy atom. The summed E-state index contributed by atoms with van der Waals surface area (Å²) in [6, 6.07) is 27.5. The van der Waals surface area contributed by atoms with Crippen LogP contribution < -0.4 is 18.1 Å². The van der Waals surface area contributed by atoms with E-state index in [4.69, 9.17) is 0 Å². The standard InChI is InChI=1S/C32H24N2S4/c1-2-20-34-27-13-14-28(34)32-18-10-24(38-32)6-4-22-8-16-30(36-22)26-12-11-25(33(26)19-1)29-15-7-21(35-29)3-5-23-9-17-31(27)37-23/h3-18H,1-2,19-20H2/b5-3?,6-4?,21-3-,22-4-,23-5-,24-6-,29-25-,30-26-,31-27-,32-28-. The summed E-state index contributed by atoms with van der Waals surface area (Å²) in [6.45, 7) is 2.03. The number of hydrogen-bond acceptors (Lipinski definition) is 4. The van der Waals surface area contributed by atoms with Crippen LogP contribution in [0.25, 0.3) is 24.3 Å². The number of nitrogens with zero attached hydrogens (tertiary/aromatic N) is 2. The minimum absolute atomic E-state index is 1.02. The second-order valence-electron chi connectivity index (χ2n) is 9.69. The molecule has 0 N–H and O–H groups in total. The summed E-state index contributed by atoms with van der Waals surface area (Å²) >= 11 is 7.53. The van der Waals surface area contributed by atoms with Crippen molar-refractivity contribution in [3.8, 4) is 0 Å². The quantitative estimate of drug-likeness (QED) is 0.237. The molecule has 0 aromatic carbocycles. The number of rotatable bonds is 0. The third-order valence-corrected chi connectivity index (χ3v) is 11.6. The molecule has 0 spiro atoms. The molecule has 0 saturated heterocycles. The molecule has 0 fully saturated rings. The zero-order valence-electron chi connectivity index (χ0n) is 20.6. The zero-order chi connectivity index (χ0) is 25.1. The molecule has 0 amide bonds. The monoisotopic (exact) mass is 564 g/mol. The highest BCUT2D eigenvalue weighted by Crippen LogP contribution is 2.13. The third kappa shape index (κ3) is 3.95. The predicted octanol–water partition coefficient (Wildman–Crippen LogP) is 5.31. The van der Waals surface area contributed by atoms with E-state index in [1.807, 2.05) is 45.3 Å². The molecule has 6 heteroatoms. The summed E-state index contributed by atoms with van der Waals surface area (Å²) in [5.74, 6) is 0. The topological polar surface area (TPSA) is 9.86 Å². The van der Waals surface area contributed by atoms with Crippen molar-refractivity contribution in [3.63, 3.8) is 0 Å². The molecular formula is C32H24N2S4. The first-order valence-electron chi connectivity index (χ1n) is 12.9. The summed E-state index contributed by atoms with van der Waals surface area (Å²) in [6.07, 6.45) is 11.3. The Morgan fingerprint density at radius 3 is 0.947 bits per heavy atom. The maximum atomic E-state index is 2.56. The van der Waals surface area contributed by atoms with E-state index in [1.165, 1.54) is 57.7 Å². The number of aromatic nitrogens is 2.